The van der Waals surface area contributed by atoms with Gasteiger partial charge in [-0.1, -0.05) is 28.9 Å². The lowest BCUT2D eigenvalue weighted by molar-refractivity contribution is 0.282. The van der Waals surface area contributed by atoms with Gasteiger partial charge in [-0.15, -0.1) is 0 Å². The minimum Gasteiger partial charge on any atom is -0.494 e. The molecule has 6 heteroatoms. The Morgan fingerprint density at radius 1 is 1.39 bits per heavy atom. The lowest BCUT2D eigenvalue weighted by Gasteiger charge is -2.11. The van der Waals surface area contributed by atoms with Gasteiger partial charge < -0.3 is 4.74 Å². The molecule has 0 aliphatic carbocycles. The van der Waals surface area contributed by atoms with Crippen molar-refractivity contribution in [1.82, 2.24) is 0 Å². The zero-order valence-corrected chi connectivity index (χ0v) is 13.3. The molecule has 1 rings (SSSR count). The molecule has 0 saturated heterocycles. The molecule has 0 saturated carbocycles. The Morgan fingerprint density at radius 3 is 2.72 bits per heavy atom. The molecular weight excluding hydrogens is 340 g/mol. The van der Waals surface area contributed by atoms with Gasteiger partial charge in [0.05, 0.1) is 12.4 Å². The van der Waals surface area contributed by atoms with Crippen molar-refractivity contribution in [3.05, 3.63) is 28.7 Å². The lowest BCUT2D eigenvalue weighted by atomic mass is 10.1. The molecule has 18 heavy (non-hydrogen) atoms. The highest BCUT2D eigenvalue weighted by atomic mass is 79.9. The van der Waals surface area contributed by atoms with Gasteiger partial charge >= 0.3 is 0 Å². The minimum atomic E-state index is -3.38. The van der Waals surface area contributed by atoms with E-state index < -0.39 is 9.05 Å². The molecule has 0 fully saturated rings. The highest BCUT2D eigenvalue weighted by molar-refractivity contribution is 9.10. The van der Waals surface area contributed by atoms with Crippen molar-refractivity contribution in [1.29, 1.82) is 0 Å². The zero-order valence-electron chi connectivity index (χ0n) is 10.1. The number of hydrogen-bond acceptors (Lipinski definition) is 3. The Hall–Kier alpha value is -0.260. The molecule has 0 spiro atoms. The number of ether oxygens (including phenoxy) is 1. The fourth-order valence-corrected chi connectivity index (χ4v) is 2.75. The fraction of sp³-hybridized carbons (Fsp3) is 0.500. The molecule has 1 unspecified atom stereocenters. The van der Waals surface area contributed by atoms with E-state index >= 15 is 0 Å². The molecule has 0 aliphatic heterocycles. The van der Waals surface area contributed by atoms with Gasteiger partial charge in [-0.25, -0.2) is 8.42 Å². The van der Waals surface area contributed by atoms with Gasteiger partial charge in [-0.05, 0) is 37.0 Å². The summed E-state index contributed by atoms with van der Waals surface area (Å²) >= 11 is 3.37. The van der Waals surface area contributed by atoms with Gasteiger partial charge in [-0.2, -0.15) is 0 Å². The van der Waals surface area contributed by atoms with Gasteiger partial charge in [0, 0.05) is 15.2 Å². The first-order valence-corrected chi connectivity index (χ1v) is 8.94. The van der Waals surface area contributed by atoms with Gasteiger partial charge in [0.1, 0.15) is 5.75 Å². The highest BCUT2D eigenvalue weighted by Crippen LogP contribution is 2.19. The second kappa shape index (κ2) is 7.36. The zero-order chi connectivity index (χ0) is 13.6. The number of halogens is 2. The van der Waals surface area contributed by atoms with Crippen LogP contribution in [0.25, 0.3) is 0 Å². The quantitative estimate of drug-likeness (QED) is 0.698. The van der Waals surface area contributed by atoms with E-state index in [1.54, 1.807) is 0 Å². The fourth-order valence-electron chi connectivity index (χ4n) is 1.42. The molecule has 0 radical (unpaired) electrons. The Balaban J connectivity index is 2.25. The van der Waals surface area contributed by atoms with E-state index in [4.69, 9.17) is 15.4 Å². The number of hydrogen-bond donors (Lipinski definition) is 0. The minimum absolute atomic E-state index is 0.0204. The normalized spacial score (nSPS) is 13.3. The Kier molecular flexibility index (Phi) is 6.46. The van der Waals surface area contributed by atoms with Crippen LogP contribution in [0.1, 0.15) is 19.8 Å². The molecule has 1 aromatic carbocycles. The van der Waals surface area contributed by atoms with Crippen LogP contribution in [0.4, 0.5) is 0 Å². The molecule has 0 amide bonds. The van der Waals surface area contributed by atoms with Crippen molar-refractivity contribution >= 4 is 35.7 Å². The van der Waals surface area contributed by atoms with E-state index in [1.165, 1.54) is 0 Å². The number of benzene rings is 1. The third kappa shape index (κ3) is 7.24. The van der Waals surface area contributed by atoms with Gasteiger partial charge in [0.25, 0.3) is 0 Å². The van der Waals surface area contributed by atoms with Crippen molar-refractivity contribution < 1.29 is 13.2 Å². The van der Waals surface area contributed by atoms with Crippen LogP contribution in [0, 0.1) is 5.92 Å². The van der Waals surface area contributed by atoms with Crippen LogP contribution in [0.5, 0.6) is 5.75 Å². The van der Waals surface area contributed by atoms with Crippen molar-refractivity contribution in [2.24, 2.45) is 5.92 Å². The summed E-state index contributed by atoms with van der Waals surface area (Å²) in [5.74, 6) is 1.10. The standard InChI is InChI=1S/C12H16BrClO3S/c1-10(6-8-18(14,15)16)5-7-17-12-4-2-3-11(13)9-12/h2-4,9-10H,5-8H2,1H3. The van der Waals surface area contributed by atoms with Gasteiger partial charge in [0.2, 0.25) is 9.05 Å². The first kappa shape index (κ1) is 15.8. The van der Waals surface area contributed by atoms with E-state index in [-0.39, 0.29) is 11.7 Å². The first-order chi connectivity index (χ1) is 8.37. The van der Waals surface area contributed by atoms with Crippen LogP contribution in [0.3, 0.4) is 0 Å². The predicted octanol–water partition coefficient (Wildman–Crippen LogP) is 3.81. The molecule has 3 nitrogen and oxygen atoms in total. The van der Waals surface area contributed by atoms with Crippen molar-refractivity contribution in [3.8, 4) is 5.75 Å². The summed E-state index contributed by atoms with van der Waals surface area (Å²) in [4.78, 5) is 0. The Labute approximate surface area is 121 Å². The average molecular weight is 356 g/mol. The third-order valence-corrected chi connectivity index (χ3v) is 4.21. The topological polar surface area (TPSA) is 43.4 Å². The molecule has 0 aliphatic rings. The monoisotopic (exact) mass is 354 g/mol. The summed E-state index contributed by atoms with van der Waals surface area (Å²) in [7, 11) is 1.78. The largest absolute Gasteiger partial charge is 0.494 e. The predicted molar refractivity (Wildman–Crippen MR) is 77.7 cm³/mol. The smallest absolute Gasteiger partial charge is 0.232 e. The molecule has 0 aromatic heterocycles. The van der Waals surface area contributed by atoms with E-state index in [9.17, 15) is 8.42 Å². The molecular formula is C12H16BrClO3S. The lowest BCUT2D eigenvalue weighted by Crippen LogP contribution is -2.08. The number of rotatable bonds is 7. The van der Waals surface area contributed by atoms with Crippen molar-refractivity contribution in [3.63, 3.8) is 0 Å². The van der Waals surface area contributed by atoms with E-state index in [1.807, 2.05) is 31.2 Å². The summed E-state index contributed by atoms with van der Waals surface area (Å²) in [5.41, 5.74) is 0. The SMILES string of the molecule is CC(CCOc1cccc(Br)c1)CCS(=O)(=O)Cl. The summed E-state index contributed by atoms with van der Waals surface area (Å²) in [5, 5.41) is 0. The molecule has 0 N–H and O–H groups in total. The first-order valence-electron chi connectivity index (χ1n) is 5.67. The second-order valence-corrected chi connectivity index (χ2v) is 8.04. The molecule has 0 heterocycles. The Bertz CT molecular complexity index is 476. The van der Waals surface area contributed by atoms with Crippen molar-refractivity contribution in [2.75, 3.05) is 12.4 Å². The van der Waals surface area contributed by atoms with Crippen LogP contribution >= 0.6 is 26.6 Å². The maximum atomic E-state index is 10.8. The van der Waals surface area contributed by atoms with Crippen molar-refractivity contribution in [2.45, 2.75) is 19.8 Å². The summed E-state index contributed by atoms with van der Waals surface area (Å²) in [6.45, 7) is 2.56. The maximum Gasteiger partial charge on any atom is 0.232 e. The van der Waals surface area contributed by atoms with E-state index in [0.29, 0.717) is 13.0 Å². The van der Waals surface area contributed by atoms with Crippen LogP contribution in [-0.4, -0.2) is 20.8 Å². The van der Waals surface area contributed by atoms with Crippen LogP contribution in [0.15, 0.2) is 28.7 Å². The maximum absolute atomic E-state index is 10.8. The molecule has 0 bridgehead atoms. The second-order valence-electron chi connectivity index (χ2n) is 4.23. The average Bonchev–Trinajstić information content (AvgIpc) is 2.25. The van der Waals surface area contributed by atoms with E-state index in [0.717, 1.165) is 16.6 Å². The summed E-state index contributed by atoms with van der Waals surface area (Å²) in [6, 6.07) is 7.62. The molecule has 1 aromatic rings. The van der Waals surface area contributed by atoms with E-state index in [2.05, 4.69) is 15.9 Å². The van der Waals surface area contributed by atoms with Crippen LogP contribution in [0.2, 0.25) is 0 Å². The van der Waals surface area contributed by atoms with Crippen LogP contribution < -0.4 is 4.74 Å². The third-order valence-electron chi connectivity index (χ3n) is 2.53. The summed E-state index contributed by atoms with van der Waals surface area (Å²) in [6.07, 6.45) is 1.37. The van der Waals surface area contributed by atoms with Gasteiger partial charge in [0.15, 0.2) is 0 Å². The molecule has 1 atom stereocenters. The highest BCUT2D eigenvalue weighted by Gasteiger charge is 2.09. The summed E-state index contributed by atoms with van der Waals surface area (Å²) < 4.78 is 28.1. The van der Waals surface area contributed by atoms with Crippen LogP contribution in [-0.2, 0) is 9.05 Å². The molecule has 102 valence electrons. The van der Waals surface area contributed by atoms with Gasteiger partial charge in [-0.3, -0.25) is 0 Å². The Morgan fingerprint density at radius 2 is 2.11 bits per heavy atom.